The van der Waals surface area contributed by atoms with E-state index in [1.165, 1.54) is 12.3 Å². The van der Waals surface area contributed by atoms with Crippen LogP contribution in [0, 0.1) is 18.8 Å². The molecule has 0 unspecified atom stereocenters. The van der Waals surface area contributed by atoms with Gasteiger partial charge in [0.2, 0.25) is 0 Å². The minimum absolute atomic E-state index is 0. The molecule has 0 spiro atoms. The van der Waals surface area contributed by atoms with Gasteiger partial charge in [0, 0.05) is 0 Å². The van der Waals surface area contributed by atoms with Crippen LogP contribution in [0.5, 0.6) is 0 Å². The summed E-state index contributed by atoms with van der Waals surface area (Å²) >= 11 is 0. The van der Waals surface area contributed by atoms with Gasteiger partial charge >= 0.3 is 23.1 Å². The van der Waals surface area contributed by atoms with Gasteiger partial charge < -0.3 is 21.4 Å². The maximum absolute atomic E-state index is 12.2. The van der Waals surface area contributed by atoms with Crippen molar-refractivity contribution in [3.8, 4) is 0 Å². The van der Waals surface area contributed by atoms with Crippen LogP contribution < -0.4 is 17.0 Å². The minimum atomic E-state index is -0.299. The van der Waals surface area contributed by atoms with E-state index in [4.69, 9.17) is 0 Å². The second-order valence-corrected chi connectivity index (χ2v) is 1.50. The molecule has 1 aromatic rings. The monoisotopic (exact) mass is 213 g/mol. The molecule has 1 rings (SSSR count). The molecule has 10 heavy (non-hydrogen) atoms. The van der Waals surface area contributed by atoms with Crippen molar-refractivity contribution >= 4 is 23.1 Å². The number of nitrogens with zero attached hydrogens (tertiary/aromatic N) is 1. The molecule has 0 atom stereocenters. The fourth-order valence-corrected chi connectivity index (χ4v) is 0.411. The van der Waals surface area contributed by atoms with Gasteiger partial charge in [-0.25, -0.2) is 6.07 Å². The van der Waals surface area contributed by atoms with Crippen LogP contribution in [0.2, 0.25) is 0 Å². The molecule has 1 nitrogen and oxygen atoms in total. The molecule has 1 heterocycles. The first-order valence-electron chi connectivity index (χ1n) is 2.29. The first kappa shape index (κ1) is 13.0. The van der Waals surface area contributed by atoms with Crippen molar-refractivity contribution in [3.63, 3.8) is 0 Å². The van der Waals surface area contributed by atoms with E-state index in [1.807, 2.05) is 0 Å². The molecular formula is C6H5BrFMgN. The summed E-state index contributed by atoms with van der Waals surface area (Å²) < 4.78 is 12.2. The van der Waals surface area contributed by atoms with Crippen LogP contribution in [0.1, 0.15) is 5.69 Å². The molecule has 0 fully saturated rings. The summed E-state index contributed by atoms with van der Waals surface area (Å²) in [6, 6.07) is 3.78. The van der Waals surface area contributed by atoms with E-state index in [2.05, 4.69) is 11.1 Å². The Morgan fingerprint density at radius 1 is 1.60 bits per heavy atom. The molecule has 0 aliphatic rings. The Kier molecular flexibility index (Phi) is 7.86. The smallest absolute Gasteiger partial charge is 1.00 e. The Morgan fingerprint density at radius 3 is 2.50 bits per heavy atom. The molecule has 0 saturated carbocycles. The number of rotatable bonds is 0. The van der Waals surface area contributed by atoms with Crippen LogP contribution in [0.3, 0.4) is 0 Å². The van der Waals surface area contributed by atoms with Crippen molar-refractivity contribution < 1.29 is 21.4 Å². The third kappa shape index (κ3) is 3.48. The number of aryl methyl sites for hydroxylation is 1. The standard InChI is InChI=1S/C6H5FN.BrH.Mg/c1-5-6(7)3-2-4-8-5;;/h3-4H,1H3;1H;/q-1;;+2/p-1. The fourth-order valence-electron chi connectivity index (χ4n) is 0.411. The van der Waals surface area contributed by atoms with Crippen LogP contribution in [-0.4, -0.2) is 28.0 Å². The predicted octanol–water partition coefficient (Wildman–Crippen LogP) is -2.05. The van der Waals surface area contributed by atoms with Gasteiger partial charge in [0.05, 0.1) is 0 Å². The molecule has 0 aliphatic carbocycles. The average molecular weight is 214 g/mol. The maximum Gasteiger partial charge on any atom is 2.00 e. The SMILES string of the molecule is Cc1nc[c-]cc1F.[Br-].[Mg+2]. The topological polar surface area (TPSA) is 12.9 Å². The van der Waals surface area contributed by atoms with Gasteiger partial charge in [-0.15, -0.1) is 0 Å². The van der Waals surface area contributed by atoms with Crippen molar-refractivity contribution in [2.45, 2.75) is 6.92 Å². The van der Waals surface area contributed by atoms with Gasteiger partial charge in [-0.3, -0.25) is 4.98 Å². The zero-order chi connectivity index (χ0) is 5.98. The Morgan fingerprint density at radius 2 is 2.20 bits per heavy atom. The second-order valence-electron chi connectivity index (χ2n) is 1.50. The summed E-state index contributed by atoms with van der Waals surface area (Å²) in [6.45, 7) is 1.61. The maximum atomic E-state index is 12.2. The zero-order valence-electron chi connectivity index (χ0n) is 5.56. The molecule has 0 amide bonds. The van der Waals surface area contributed by atoms with Gasteiger partial charge in [-0.2, -0.15) is 6.07 Å². The van der Waals surface area contributed by atoms with Gasteiger partial charge in [0.1, 0.15) is 0 Å². The number of pyridine rings is 1. The van der Waals surface area contributed by atoms with Crippen molar-refractivity contribution in [3.05, 3.63) is 29.8 Å². The molecule has 0 aliphatic heterocycles. The predicted molar refractivity (Wildman–Crippen MR) is 33.5 cm³/mol. The Hall–Kier alpha value is 0.326. The van der Waals surface area contributed by atoms with E-state index in [9.17, 15) is 4.39 Å². The summed E-state index contributed by atoms with van der Waals surface area (Å²) in [5, 5.41) is 0. The Bertz CT molecular complexity index is 174. The van der Waals surface area contributed by atoms with E-state index < -0.39 is 0 Å². The van der Waals surface area contributed by atoms with Crippen molar-refractivity contribution in [1.82, 2.24) is 4.98 Å². The molecule has 1 aromatic heterocycles. The largest absolute Gasteiger partial charge is 2.00 e. The molecule has 0 radical (unpaired) electrons. The zero-order valence-corrected chi connectivity index (χ0v) is 8.57. The van der Waals surface area contributed by atoms with E-state index in [1.54, 1.807) is 6.92 Å². The fraction of sp³-hybridized carbons (Fsp3) is 0.167. The molecule has 0 saturated heterocycles. The Balaban J connectivity index is 0. The Labute approximate surface area is 86.0 Å². The van der Waals surface area contributed by atoms with E-state index >= 15 is 0 Å². The molecule has 4 heteroatoms. The molecule has 0 bridgehead atoms. The summed E-state index contributed by atoms with van der Waals surface area (Å²) in [5.41, 5.74) is 0.420. The van der Waals surface area contributed by atoms with Crippen LogP contribution in [0.25, 0.3) is 0 Å². The number of aromatic nitrogens is 1. The van der Waals surface area contributed by atoms with Crippen molar-refractivity contribution in [2.24, 2.45) is 0 Å². The molecular weight excluding hydrogens is 209 g/mol. The third-order valence-corrected chi connectivity index (χ3v) is 0.888. The quantitative estimate of drug-likeness (QED) is 0.358. The van der Waals surface area contributed by atoms with Gasteiger partial charge in [0.25, 0.3) is 0 Å². The summed E-state index contributed by atoms with van der Waals surface area (Å²) in [7, 11) is 0. The van der Waals surface area contributed by atoms with Crippen LogP contribution in [-0.2, 0) is 0 Å². The molecule has 0 N–H and O–H groups in total. The summed E-state index contributed by atoms with van der Waals surface area (Å²) in [4.78, 5) is 3.65. The normalized spacial score (nSPS) is 7.40. The second kappa shape index (κ2) is 6.06. The number of hydrogen-bond donors (Lipinski definition) is 0. The number of halogens is 2. The third-order valence-electron chi connectivity index (χ3n) is 0.888. The van der Waals surface area contributed by atoms with E-state index in [0.717, 1.165) is 0 Å². The molecule has 0 aromatic carbocycles. The van der Waals surface area contributed by atoms with Gasteiger partial charge in [0.15, 0.2) is 0 Å². The van der Waals surface area contributed by atoms with Crippen LogP contribution in [0.4, 0.5) is 4.39 Å². The summed E-state index contributed by atoms with van der Waals surface area (Å²) in [5.74, 6) is -0.299. The van der Waals surface area contributed by atoms with Crippen molar-refractivity contribution in [2.75, 3.05) is 0 Å². The number of hydrogen-bond acceptors (Lipinski definition) is 1. The van der Waals surface area contributed by atoms with Crippen LogP contribution >= 0.6 is 0 Å². The first-order chi connectivity index (χ1) is 3.80. The van der Waals surface area contributed by atoms with Crippen molar-refractivity contribution in [1.29, 1.82) is 0 Å². The van der Waals surface area contributed by atoms with E-state index in [0.29, 0.717) is 5.69 Å². The van der Waals surface area contributed by atoms with Gasteiger partial charge in [-0.1, -0.05) is 6.20 Å². The average Bonchev–Trinajstić information content (AvgIpc) is 1.77. The first-order valence-corrected chi connectivity index (χ1v) is 2.29. The van der Waals surface area contributed by atoms with Crippen LogP contribution in [0.15, 0.2) is 12.3 Å². The van der Waals surface area contributed by atoms with Gasteiger partial charge in [-0.05, 0) is 18.4 Å². The summed E-state index contributed by atoms with van der Waals surface area (Å²) in [6.07, 6.45) is 1.44. The van der Waals surface area contributed by atoms with E-state index in [-0.39, 0.29) is 45.9 Å². The molecule has 50 valence electrons. The minimum Gasteiger partial charge on any atom is -1.00 e.